The Hall–Kier alpha value is -2.28. The fourth-order valence-electron chi connectivity index (χ4n) is 3.19. The van der Waals surface area contributed by atoms with Crippen LogP contribution in [0.4, 0.5) is 6.01 Å². The first kappa shape index (κ1) is 21.0. The van der Waals surface area contributed by atoms with Crippen LogP contribution in [0, 0.1) is 12.8 Å². The average Bonchev–Trinajstić information content (AvgIpc) is 3.43. The van der Waals surface area contributed by atoms with E-state index in [-0.39, 0.29) is 28.6 Å². The summed E-state index contributed by atoms with van der Waals surface area (Å²) in [7, 11) is -1.89. The molecule has 0 saturated carbocycles. The van der Waals surface area contributed by atoms with Crippen molar-refractivity contribution in [3.05, 3.63) is 28.2 Å². The number of rotatable bonds is 5. The maximum atomic E-state index is 12.8. The zero-order chi connectivity index (χ0) is 21.5. The molecule has 1 aliphatic heterocycles. The van der Waals surface area contributed by atoms with Crippen molar-refractivity contribution >= 4 is 44.9 Å². The Bertz CT molecular complexity index is 1170. The molecular formula is C17H19ClN6O4S2. The van der Waals surface area contributed by atoms with Gasteiger partial charge in [-0.1, -0.05) is 16.7 Å². The summed E-state index contributed by atoms with van der Waals surface area (Å²) in [6.45, 7) is 2.32. The summed E-state index contributed by atoms with van der Waals surface area (Å²) >= 11 is 6.87. The van der Waals surface area contributed by atoms with E-state index in [2.05, 4.69) is 20.6 Å². The van der Waals surface area contributed by atoms with Crippen LogP contribution < -0.4 is 5.32 Å². The van der Waals surface area contributed by atoms with Crippen molar-refractivity contribution < 1.29 is 17.6 Å². The van der Waals surface area contributed by atoms with Crippen molar-refractivity contribution in [1.82, 2.24) is 24.3 Å². The summed E-state index contributed by atoms with van der Waals surface area (Å²) in [5, 5.41) is 14.6. The number of carbonyl (C=O) groups excluding carboxylic acids is 1. The fourth-order valence-corrected chi connectivity index (χ4v) is 6.35. The van der Waals surface area contributed by atoms with E-state index < -0.39 is 15.9 Å². The van der Waals surface area contributed by atoms with Crippen molar-refractivity contribution in [1.29, 1.82) is 0 Å². The molecule has 1 amide bonds. The molecule has 0 aromatic carbocycles. The Morgan fingerprint density at radius 1 is 1.37 bits per heavy atom. The van der Waals surface area contributed by atoms with Gasteiger partial charge in [0.1, 0.15) is 9.90 Å². The minimum absolute atomic E-state index is 0.0525. The third-order valence-corrected chi connectivity index (χ3v) is 8.45. The molecule has 3 aromatic heterocycles. The van der Waals surface area contributed by atoms with E-state index in [1.165, 1.54) is 10.4 Å². The SMILES string of the molecule is Cc1cc(-c2nnc(NC(=O)C3CCCN(S(=O)(=O)c4ccc(Cl)s4)C3)o2)nn1C. The highest BCUT2D eigenvalue weighted by atomic mass is 35.5. The van der Waals surface area contributed by atoms with Crippen LogP contribution in [0.25, 0.3) is 11.6 Å². The van der Waals surface area contributed by atoms with Crippen molar-refractivity contribution in [2.75, 3.05) is 18.4 Å². The number of halogens is 1. The molecule has 10 nitrogen and oxygen atoms in total. The molecule has 1 N–H and O–H groups in total. The molecule has 1 fully saturated rings. The van der Waals surface area contributed by atoms with E-state index in [0.29, 0.717) is 29.4 Å². The first-order valence-electron chi connectivity index (χ1n) is 9.15. The van der Waals surface area contributed by atoms with Crippen LogP contribution in [0.2, 0.25) is 4.34 Å². The number of amides is 1. The molecule has 30 heavy (non-hydrogen) atoms. The summed E-state index contributed by atoms with van der Waals surface area (Å²) in [5.74, 6) is -0.709. The van der Waals surface area contributed by atoms with E-state index in [4.69, 9.17) is 16.0 Å². The largest absolute Gasteiger partial charge is 0.401 e. The Labute approximate surface area is 181 Å². The summed E-state index contributed by atoms with van der Waals surface area (Å²) in [5.41, 5.74) is 1.43. The predicted molar refractivity (Wildman–Crippen MR) is 111 cm³/mol. The number of aromatic nitrogens is 4. The van der Waals surface area contributed by atoms with Crippen LogP contribution in [0.3, 0.4) is 0 Å². The number of piperidine rings is 1. The number of anilines is 1. The number of hydrogen-bond donors (Lipinski definition) is 1. The summed E-state index contributed by atoms with van der Waals surface area (Å²) in [6, 6.07) is 4.76. The Morgan fingerprint density at radius 3 is 2.83 bits per heavy atom. The highest BCUT2D eigenvalue weighted by Crippen LogP contribution is 2.31. The van der Waals surface area contributed by atoms with Crippen LogP contribution in [0.1, 0.15) is 18.5 Å². The number of nitrogens with one attached hydrogen (secondary N) is 1. The van der Waals surface area contributed by atoms with E-state index in [1.807, 2.05) is 6.92 Å². The molecule has 0 radical (unpaired) electrons. The molecule has 13 heteroatoms. The van der Waals surface area contributed by atoms with Gasteiger partial charge in [0.05, 0.1) is 10.3 Å². The van der Waals surface area contributed by atoms with Crippen molar-refractivity contribution in [2.45, 2.75) is 24.0 Å². The standard InChI is InChI=1S/C17H19ClN6O4S2/c1-10-8-12(22-23(10)2)16-20-21-17(28-16)19-15(25)11-4-3-7-24(9-11)30(26,27)14-6-5-13(18)29-14/h5-6,8,11H,3-4,7,9H2,1-2H3,(H,19,21,25). The number of aryl methyl sites for hydroxylation is 2. The highest BCUT2D eigenvalue weighted by molar-refractivity contribution is 7.91. The summed E-state index contributed by atoms with van der Waals surface area (Å²) in [6.07, 6.45) is 1.13. The average molecular weight is 471 g/mol. The van der Waals surface area contributed by atoms with Gasteiger partial charge in [0.2, 0.25) is 5.91 Å². The minimum Gasteiger partial charge on any atom is -0.401 e. The Balaban J connectivity index is 1.44. The van der Waals surface area contributed by atoms with Gasteiger partial charge >= 0.3 is 6.01 Å². The third kappa shape index (κ3) is 4.13. The van der Waals surface area contributed by atoms with E-state index >= 15 is 0 Å². The first-order valence-corrected chi connectivity index (χ1v) is 11.8. The molecule has 160 valence electrons. The van der Waals surface area contributed by atoms with Crippen molar-refractivity contribution in [2.24, 2.45) is 13.0 Å². The molecule has 4 rings (SSSR count). The molecule has 1 aliphatic rings. The van der Waals surface area contributed by atoms with Gasteiger partial charge in [-0.3, -0.25) is 14.8 Å². The van der Waals surface area contributed by atoms with Crippen molar-refractivity contribution in [3.8, 4) is 11.6 Å². The van der Waals surface area contributed by atoms with Gasteiger partial charge < -0.3 is 4.42 Å². The number of hydrogen-bond acceptors (Lipinski definition) is 8. The highest BCUT2D eigenvalue weighted by Gasteiger charge is 2.34. The second kappa shape index (κ2) is 8.10. The van der Waals surface area contributed by atoms with E-state index in [1.54, 1.807) is 23.9 Å². The van der Waals surface area contributed by atoms with Gasteiger partial charge in [-0.25, -0.2) is 8.42 Å². The quantitative estimate of drug-likeness (QED) is 0.607. The lowest BCUT2D eigenvalue weighted by molar-refractivity contribution is -0.121. The molecule has 3 aromatic rings. The number of thiophene rings is 1. The predicted octanol–water partition coefficient (Wildman–Crippen LogP) is 2.53. The van der Waals surface area contributed by atoms with E-state index in [9.17, 15) is 13.2 Å². The van der Waals surface area contributed by atoms with Gasteiger partial charge in [-0.05, 0) is 38.0 Å². The maximum absolute atomic E-state index is 12.8. The molecule has 1 atom stereocenters. The maximum Gasteiger partial charge on any atom is 0.322 e. The second-order valence-corrected chi connectivity index (χ2v) is 10.8. The Kier molecular flexibility index (Phi) is 5.66. The number of sulfonamides is 1. The summed E-state index contributed by atoms with van der Waals surface area (Å²) in [4.78, 5) is 12.7. The lowest BCUT2D eigenvalue weighted by Gasteiger charge is -2.30. The monoisotopic (exact) mass is 470 g/mol. The zero-order valence-corrected chi connectivity index (χ0v) is 18.6. The topological polar surface area (TPSA) is 123 Å². The molecule has 4 heterocycles. The van der Waals surface area contributed by atoms with Gasteiger partial charge in [-0.15, -0.1) is 16.4 Å². The summed E-state index contributed by atoms with van der Waals surface area (Å²) < 4.78 is 34.7. The molecule has 0 spiro atoms. The third-order valence-electron chi connectivity index (χ3n) is 4.89. The fraction of sp³-hybridized carbons (Fsp3) is 0.412. The minimum atomic E-state index is -3.69. The zero-order valence-electron chi connectivity index (χ0n) is 16.2. The molecule has 0 aliphatic carbocycles. The van der Waals surface area contributed by atoms with Crippen LogP contribution in [0.5, 0.6) is 0 Å². The van der Waals surface area contributed by atoms with Gasteiger partial charge in [0.15, 0.2) is 0 Å². The number of nitrogens with zero attached hydrogens (tertiary/aromatic N) is 5. The smallest absolute Gasteiger partial charge is 0.322 e. The van der Waals surface area contributed by atoms with Crippen molar-refractivity contribution in [3.63, 3.8) is 0 Å². The van der Waals surface area contributed by atoms with E-state index in [0.717, 1.165) is 17.0 Å². The lowest BCUT2D eigenvalue weighted by atomic mass is 9.99. The Morgan fingerprint density at radius 2 is 2.17 bits per heavy atom. The van der Waals surface area contributed by atoms with Crippen LogP contribution >= 0.6 is 22.9 Å². The molecule has 1 unspecified atom stereocenters. The van der Waals surface area contributed by atoms with Gasteiger partial charge in [-0.2, -0.15) is 9.40 Å². The molecule has 1 saturated heterocycles. The molecule has 0 bridgehead atoms. The normalized spacial score (nSPS) is 17.9. The molecular weight excluding hydrogens is 452 g/mol. The second-order valence-electron chi connectivity index (χ2n) is 6.96. The van der Waals surface area contributed by atoms with Crippen LogP contribution in [-0.4, -0.2) is 51.7 Å². The van der Waals surface area contributed by atoms with Gasteiger partial charge in [0.25, 0.3) is 15.9 Å². The number of carbonyl (C=O) groups is 1. The van der Waals surface area contributed by atoms with Gasteiger partial charge in [0, 0.05) is 25.8 Å². The first-order chi connectivity index (χ1) is 14.2. The van der Waals surface area contributed by atoms with Crippen LogP contribution in [-0.2, 0) is 21.9 Å². The van der Waals surface area contributed by atoms with Crippen LogP contribution in [0.15, 0.2) is 26.8 Å². The lowest BCUT2D eigenvalue weighted by Crippen LogP contribution is -2.43.